The summed E-state index contributed by atoms with van der Waals surface area (Å²) in [4.78, 5) is 11.2. The number of benzene rings is 1. The summed E-state index contributed by atoms with van der Waals surface area (Å²) < 4.78 is 42.2. The summed E-state index contributed by atoms with van der Waals surface area (Å²) in [5.74, 6) is -0.719. The SMILES string of the molecule is CCOC(=O)CC(O)C(O)c1ccc(C(F)(F)F)c(N)c1. The first kappa shape index (κ1) is 17.3. The van der Waals surface area contributed by atoms with Crippen molar-refractivity contribution >= 4 is 11.7 Å². The molecule has 5 nitrogen and oxygen atoms in total. The van der Waals surface area contributed by atoms with Crippen LogP contribution in [0.1, 0.15) is 30.6 Å². The zero-order valence-electron chi connectivity index (χ0n) is 11.2. The number of anilines is 1. The molecule has 8 heteroatoms. The van der Waals surface area contributed by atoms with Gasteiger partial charge in [-0.1, -0.05) is 6.07 Å². The zero-order valence-corrected chi connectivity index (χ0v) is 11.2. The molecule has 2 atom stereocenters. The molecule has 0 spiro atoms. The van der Waals surface area contributed by atoms with E-state index in [0.717, 1.165) is 12.1 Å². The molecule has 4 N–H and O–H groups in total. The molecule has 0 aliphatic heterocycles. The van der Waals surface area contributed by atoms with Gasteiger partial charge in [0.05, 0.1) is 24.7 Å². The maximum absolute atomic E-state index is 12.5. The largest absolute Gasteiger partial charge is 0.466 e. The van der Waals surface area contributed by atoms with E-state index >= 15 is 0 Å². The monoisotopic (exact) mass is 307 g/mol. The van der Waals surface area contributed by atoms with Crippen LogP contribution in [0.4, 0.5) is 18.9 Å². The van der Waals surface area contributed by atoms with E-state index in [4.69, 9.17) is 5.73 Å². The van der Waals surface area contributed by atoms with E-state index in [0.29, 0.717) is 6.07 Å². The van der Waals surface area contributed by atoms with Gasteiger partial charge in [0, 0.05) is 5.69 Å². The number of hydrogen-bond acceptors (Lipinski definition) is 5. The van der Waals surface area contributed by atoms with Crippen molar-refractivity contribution in [2.75, 3.05) is 12.3 Å². The highest BCUT2D eigenvalue weighted by molar-refractivity contribution is 5.70. The summed E-state index contributed by atoms with van der Waals surface area (Å²) >= 11 is 0. The fraction of sp³-hybridized carbons (Fsp3) is 0.462. The number of carbonyl (C=O) groups is 1. The molecule has 0 bridgehead atoms. The fourth-order valence-corrected chi connectivity index (χ4v) is 1.75. The third-order valence-electron chi connectivity index (χ3n) is 2.77. The second-order valence-corrected chi connectivity index (χ2v) is 4.37. The van der Waals surface area contributed by atoms with Crippen LogP contribution >= 0.6 is 0 Å². The third-order valence-corrected chi connectivity index (χ3v) is 2.77. The standard InChI is InChI=1S/C13H16F3NO4/c1-2-21-11(19)6-10(18)12(20)7-3-4-8(9(17)5-7)13(14,15)16/h3-5,10,12,18,20H,2,6,17H2,1H3. The predicted octanol–water partition coefficient (Wildman–Crippen LogP) is 1.64. The smallest absolute Gasteiger partial charge is 0.418 e. The van der Waals surface area contributed by atoms with Crippen LogP contribution in [-0.2, 0) is 15.7 Å². The Hall–Kier alpha value is -1.80. The molecular weight excluding hydrogens is 291 g/mol. The third kappa shape index (κ3) is 4.61. The Balaban J connectivity index is 2.86. The number of nitrogen functional groups attached to an aromatic ring is 1. The number of rotatable bonds is 5. The molecule has 0 aliphatic rings. The Labute approximate surface area is 119 Å². The molecule has 0 saturated carbocycles. The number of esters is 1. The lowest BCUT2D eigenvalue weighted by atomic mass is 9.99. The summed E-state index contributed by atoms with van der Waals surface area (Å²) in [5, 5.41) is 19.5. The summed E-state index contributed by atoms with van der Waals surface area (Å²) in [5.41, 5.74) is 3.68. The summed E-state index contributed by atoms with van der Waals surface area (Å²) in [6.45, 7) is 1.70. The number of carbonyl (C=O) groups excluding carboxylic acids is 1. The maximum Gasteiger partial charge on any atom is 0.418 e. The normalized spacial score (nSPS) is 14.6. The van der Waals surface area contributed by atoms with Gasteiger partial charge in [-0.05, 0) is 24.6 Å². The van der Waals surface area contributed by atoms with Crippen molar-refractivity contribution in [2.45, 2.75) is 31.7 Å². The van der Waals surface area contributed by atoms with Crippen molar-refractivity contribution in [3.05, 3.63) is 29.3 Å². The van der Waals surface area contributed by atoms with Crippen molar-refractivity contribution < 1.29 is 32.9 Å². The Morgan fingerprint density at radius 2 is 2.00 bits per heavy atom. The number of ether oxygens (including phenoxy) is 1. The summed E-state index contributed by atoms with van der Waals surface area (Å²) in [7, 11) is 0. The maximum atomic E-state index is 12.5. The number of aliphatic hydroxyl groups excluding tert-OH is 2. The van der Waals surface area contributed by atoms with Gasteiger partial charge in [-0.15, -0.1) is 0 Å². The number of nitrogens with two attached hydrogens (primary N) is 1. The van der Waals surface area contributed by atoms with Crippen molar-refractivity contribution in [3.63, 3.8) is 0 Å². The van der Waals surface area contributed by atoms with E-state index in [-0.39, 0.29) is 12.2 Å². The van der Waals surface area contributed by atoms with Gasteiger partial charge in [0.25, 0.3) is 0 Å². The van der Waals surface area contributed by atoms with Crippen LogP contribution in [0.25, 0.3) is 0 Å². The van der Waals surface area contributed by atoms with Crippen molar-refractivity contribution in [1.29, 1.82) is 0 Å². The molecule has 0 aliphatic carbocycles. The predicted molar refractivity (Wildman–Crippen MR) is 68.1 cm³/mol. The molecule has 1 aromatic carbocycles. The average molecular weight is 307 g/mol. The number of halogens is 3. The van der Waals surface area contributed by atoms with Gasteiger partial charge in [0.1, 0.15) is 6.10 Å². The van der Waals surface area contributed by atoms with Crippen molar-refractivity contribution in [3.8, 4) is 0 Å². The molecule has 2 unspecified atom stereocenters. The molecule has 1 rings (SSSR count). The first-order chi connectivity index (χ1) is 9.66. The minimum Gasteiger partial charge on any atom is -0.466 e. The molecule has 0 aromatic heterocycles. The molecule has 0 amide bonds. The summed E-state index contributed by atoms with van der Waals surface area (Å²) in [6, 6.07) is 2.63. The Kier molecular flexibility index (Phi) is 5.56. The van der Waals surface area contributed by atoms with Gasteiger partial charge in [-0.25, -0.2) is 0 Å². The van der Waals surface area contributed by atoms with Crippen LogP contribution < -0.4 is 5.73 Å². The van der Waals surface area contributed by atoms with Gasteiger partial charge in [-0.2, -0.15) is 13.2 Å². The summed E-state index contributed by atoms with van der Waals surface area (Å²) in [6.07, 6.45) is -8.12. The van der Waals surface area contributed by atoms with Crippen LogP contribution in [0.3, 0.4) is 0 Å². The molecule has 118 valence electrons. The zero-order chi connectivity index (χ0) is 16.2. The lowest BCUT2D eigenvalue weighted by molar-refractivity contribution is -0.147. The fourth-order valence-electron chi connectivity index (χ4n) is 1.75. The van der Waals surface area contributed by atoms with E-state index in [2.05, 4.69) is 4.74 Å². The highest BCUT2D eigenvalue weighted by atomic mass is 19.4. The molecule has 0 heterocycles. The lowest BCUT2D eigenvalue weighted by Crippen LogP contribution is -2.23. The molecule has 21 heavy (non-hydrogen) atoms. The molecular formula is C13H16F3NO4. The second-order valence-electron chi connectivity index (χ2n) is 4.37. The average Bonchev–Trinajstić information content (AvgIpc) is 2.36. The topological polar surface area (TPSA) is 92.8 Å². The Bertz CT molecular complexity index is 505. The van der Waals surface area contributed by atoms with Gasteiger partial charge >= 0.3 is 12.1 Å². The highest BCUT2D eigenvalue weighted by Crippen LogP contribution is 2.35. The van der Waals surface area contributed by atoms with E-state index in [9.17, 15) is 28.2 Å². The number of aliphatic hydroxyl groups is 2. The Morgan fingerprint density at radius 1 is 1.38 bits per heavy atom. The van der Waals surface area contributed by atoms with E-state index in [1.54, 1.807) is 6.92 Å². The highest BCUT2D eigenvalue weighted by Gasteiger charge is 2.33. The number of hydrogen-bond donors (Lipinski definition) is 3. The quantitative estimate of drug-likeness (QED) is 0.568. The molecule has 0 radical (unpaired) electrons. The van der Waals surface area contributed by atoms with Crippen LogP contribution in [0.15, 0.2) is 18.2 Å². The van der Waals surface area contributed by atoms with E-state index in [1.807, 2.05) is 0 Å². The van der Waals surface area contributed by atoms with Gasteiger partial charge < -0.3 is 20.7 Å². The molecule has 0 saturated heterocycles. The first-order valence-electron chi connectivity index (χ1n) is 6.15. The molecule has 1 aromatic rings. The van der Waals surface area contributed by atoms with Crippen LogP contribution in [0.2, 0.25) is 0 Å². The first-order valence-corrected chi connectivity index (χ1v) is 6.15. The van der Waals surface area contributed by atoms with E-state index in [1.165, 1.54) is 0 Å². The van der Waals surface area contributed by atoms with E-state index < -0.39 is 42.0 Å². The minimum absolute atomic E-state index is 0.0164. The lowest BCUT2D eigenvalue weighted by Gasteiger charge is -2.19. The second kappa shape index (κ2) is 6.77. The van der Waals surface area contributed by atoms with Crippen molar-refractivity contribution in [2.24, 2.45) is 0 Å². The van der Waals surface area contributed by atoms with Crippen molar-refractivity contribution in [1.82, 2.24) is 0 Å². The van der Waals surface area contributed by atoms with Gasteiger partial charge in [0.2, 0.25) is 0 Å². The molecule has 0 fully saturated rings. The van der Waals surface area contributed by atoms with Gasteiger partial charge in [-0.3, -0.25) is 4.79 Å². The van der Waals surface area contributed by atoms with Crippen LogP contribution in [0, 0.1) is 0 Å². The van der Waals surface area contributed by atoms with Crippen LogP contribution in [-0.4, -0.2) is 28.9 Å². The Morgan fingerprint density at radius 3 is 2.48 bits per heavy atom. The van der Waals surface area contributed by atoms with Crippen LogP contribution in [0.5, 0.6) is 0 Å². The number of alkyl halides is 3. The van der Waals surface area contributed by atoms with Gasteiger partial charge in [0.15, 0.2) is 0 Å². The minimum atomic E-state index is -4.60.